The summed E-state index contributed by atoms with van der Waals surface area (Å²) in [6.07, 6.45) is 6.80. The van der Waals surface area contributed by atoms with Crippen molar-refractivity contribution >= 4 is 5.96 Å². The molecule has 0 atom stereocenters. The summed E-state index contributed by atoms with van der Waals surface area (Å²) in [6.45, 7) is 4.27. The maximum absolute atomic E-state index is 5.64. The fourth-order valence-electron chi connectivity index (χ4n) is 2.79. The number of aliphatic imine (C=N–C) groups is 1. The molecule has 0 fully saturated rings. The number of guanidine groups is 1. The van der Waals surface area contributed by atoms with Gasteiger partial charge >= 0.3 is 0 Å². The molecule has 2 aromatic rings. The lowest BCUT2D eigenvalue weighted by Gasteiger charge is -2.13. The summed E-state index contributed by atoms with van der Waals surface area (Å²) in [4.78, 5) is 4.27. The average Bonchev–Trinajstić information content (AvgIpc) is 3.09. The van der Waals surface area contributed by atoms with E-state index in [2.05, 4.69) is 32.9 Å². The highest BCUT2D eigenvalue weighted by Gasteiger charge is 2.05. The Labute approximate surface area is 161 Å². The lowest BCUT2D eigenvalue weighted by molar-refractivity contribution is 0.310. The molecule has 0 aliphatic rings. The van der Waals surface area contributed by atoms with Crippen molar-refractivity contribution in [3.05, 3.63) is 41.7 Å². The van der Waals surface area contributed by atoms with E-state index < -0.39 is 0 Å². The van der Waals surface area contributed by atoms with Crippen LogP contribution in [-0.2, 0) is 19.9 Å². The molecule has 148 valence electrons. The zero-order valence-electron chi connectivity index (χ0n) is 16.8. The summed E-state index contributed by atoms with van der Waals surface area (Å²) < 4.78 is 12.8. The monoisotopic (exact) mass is 373 g/mol. The molecular weight excluding hydrogens is 342 g/mol. The fraction of sp³-hybridized carbons (Fsp3) is 0.500. The van der Waals surface area contributed by atoms with Crippen LogP contribution in [0, 0.1) is 0 Å². The van der Waals surface area contributed by atoms with Gasteiger partial charge in [0.25, 0.3) is 0 Å². The van der Waals surface area contributed by atoms with Gasteiger partial charge in [0.2, 0.25) is 0 Å². The molecule has 0 unspecified atom stereocenters. The molecule has 0 aliphatic heterocycles. The van der Waals surface area contributed by atoms with Crippen LogP contribution in [0.15, 0.2) is 35.6 Å². The first-order valence-electron chi connectivity index (χ1n) is 9.38. The van der Waals surface area contributed by atoms with Gasteiger partial charge in [-0.15, -0.1) is 0 Å². The van der Waals surface area contributed by atoms with Crippen LogP contribution >= 0.6 is 0 Å². The summed E-state index contributed by atoms with van der Waals surface area (Å²) in [5, 5.41) is 10.9. The van der Waals surface area contributed by atoms with E-state index in [0.29, 0.717) is 6.61 Å². The van der Waals surface area contributed by atoms with Gasteiger partial charge in [-0.1, -0.05) is 6.07 Å². The van der Waals surface area contributed by atoms with Crippen LogP contribution < -0.4 is 20.1 Å². The second kappa shape index (κ2) is 11.1. The average molecular weight is 374 g/mol. The van der Waals surface area contributed by atoms with E-state index >= 15 is 0 Å². The molecule has 1 heterocycles. The molecule has 0 saturated carbocycles. The van der Waals surface area contributed by atoms with Crippen LogP contribution in [0.4, 0.5) is 0 Å². The van der Waals surface area contributed by atoms with E-state index in [9.17, 15) is 0 Å². The number of hydrogen-bond acceptors (Lipinski definition) is 4. The molecule has 0 amide bonds. The Hall–Kier alpha value is -2.70. The van der Waals surface area contributed by atoms with Crippen molar-refractivity contribution in [3.8, 4) is 11.5 Å². The number of benzene rings is 1. The highest BCUT2D eigenvalue weighted by molar-refractivity contribution is 5.79. The van der Waals surface area contributed by atoms with Crippen molar-refractivity contribution in [2.75, 3.05) is 33.9 Å². The van der Waals surface area contributed by atoms with Crippen LogP contribution in [-0.4, -0.2) is 49.6 Å². The smallest absolute Gasteiger partial charge is 0.190 e. The van der Waals surface area contributed by atoms with Crippen LogP contribution in [0.1, 0.15) is 24.5 Å². The third-order valence-corrected chi connectivity index (χ3v) is 4.15. The van der Waals surface area contributed by atoms with Gasteiger partial charge in [-0.3, -0.25) is 9.67 Å². The molecule has 0 saturated heterocycles. The molecule has 0 bridgehead atoms. The van der Waals surface area contributed by atoms with Crippen molar-refractivity contribution in [1.29, 1.82) is 0 Å². The number of nitrogens with zero attached hydrogens (tertiary/aromatic N) is 3. The predicted molar refractivity (Wildman–Crippen MR) is 109 cm³/mol. The lowest BCUT2D eigenvalue weighted by atomic mass is 10.1. The zero-order chi connectivity index (χ0) is 19.5. The highest BCUT2D eigenvalue weighted by Crippen LogP contribution is 2.28. The quantitative estimate of drug-likeness (QED) is 0.379. The molecular formula is C20H31N5O2. The SMILES string of the molecule is CCOc1cc(CCCNC(=NC)NCCc2cnn(C)c2)ccc1OC. The third kappa shape index (κ3) is 6.84. The third-order valence-electron chi connectivity index (χ3n) is 4.15. The second-order valence-corrected chi connectivity index (χ2v) is 6.22. The predicted octanol–water partition coefficient (Wildman–Crippen LogP) is 2.17. The Morgan fingerprint density at radius 3 is 2.63 bits per heavy atom. The first-order chi connectivity index (χ1) is 13.2. The van der Waals surface area contributed by atoms with Gasteiger partial charge in [0.15, 0.2) is 17.5 Å². The minimum atomic E-state index is 0.627. The van der Waals surface area contributed by atoms with E-state index in [1.165, 1.54) is 11.1 Å². The number of aryl methyl sites for hydroxylation is 2. The Morgan fingerprint density at radius 2 is 1.96 bits per heavy atom. The topological polar surface area (TPSA) is 72.7 Å². The van der Waals surface area contributed by atoms with Crippen molar-refractivity contribution < 1.29 is 9.47 Å². The molecule has 2 N–H and O–H groups in total. The number of aromatic nitrogens is 2. The number of ether oxygens (including phenoxy) is 2. The minimum absolute atomic E-state index is 0.627. The number of rotatable bonds is 10. The van der Waals surface area contributed by atoms with Crippen molar-refractivity contribution in [2.24, 2.45) is 12.0 Å². The fourth-order valence-corrected chi connectivity index (χ4v) is 2.79. The van der Waals surface area contributed by atoms with Crippen molar-refractivity contribution in [3.63, 3.8) is 0 Å². The largest absolute Gasteiger partial charge is 0.493 e. The van der Waals surface area contributed by atoms with Crippen LogP contribution in [0.2, 0.25) is 0 Å². The lowest BCUT2D eigenvalue weighted by Crippen LogP contribution is -2.38. The first-order valence-corrected chi connectivity index (χ1v) is 9.38. The second-order valence-electron chi connectivity index (χ2n) is 6.22. The Bertz CT molecular complexity index is 727. The Kier molecular flexibility index (Phi) is 8.48. The molecule has 7 heteroatoms. The normalized spacial score (nSPS) is 11.3. The van der Waals surface area contributed by atoms with Crippen LogP contribution in [0.3, 0.4) is 0 Å². The van der Waals surface area contributed by atoms with Crippen LogP contribution in [0.25, 0.3) is 0 Å². The molecule has 0 spiro atoms. The van der Waals surface area contributed by atoms with Gasteiger partial charge in [0, 0.05) is 33.4 Å². The van der Waals surface area contributed by atoms with Crippen molar-refractivity contribution in [1.82, 2.24) is 20.4 Å². The number of hydrogen-bond donors (Lipinski definition) is 2. The molecule has 0 radical (unpaired) electrons. The molecule has 7 nitrogen and oxygen atoms in total. The van der Waals surface area contributed by atoms with E-state index in [1.807, 2.05) is 37.1 Å². The molecule has 1 aromatic carbocycles. The van der Waals surface area contributed by atoms with Gasteiger partial charge in [0.1, 0.15) is 0 Å². The number of methoxy groups -OCH3 is 1. The van der Waals surface area contributed by atoms with Crippen molar-refractivity contribution in [2.45, 2.75) is 26.2 Å². The summed E-state index contributed by atoms with van der Waals surface area (Å²) in [7, 11) is 5.38. The molecule has 2 rings (SSSR count). The highest BCUT2D eigenvalue weighted by atomic mass is 16.5. The van der Waals surface area contributed by atoms with Gasteiger partial charge < -0.3 is 20.1 Å². The summed E-state index contributed by atoms with van der Waals surface area (Å²) in [6, 6.07) is 6.11. The molecule has 1 aromatic heterocycles. The van der Waals surface area contributed by atoms with Crippen LogP contribution in [0.5, 0.6) is 11.5 Å². The van der Waals surface area contributed by atoms with Gasteiger partial charge in [-0.25, -0.2) is 0 Å². The summed E-state index contributed by atoms with van der Waals surface area (Å²) in [5.41, 5.74) is 2.45. The van der Waals surface area contributed by atoms with E-state index in [-0.39, 0.29) is 0 Å². The van der Waals surface area contributed by atoms with Gasteiger partial charge in [-0.05, 0) is 49.4 Å². The maximum atomic E-state index is 5.64. The molecule has 0 aliphatic carbocycles. The van der Waals surface area contributed by atoms with E-state index in [4.69, 9.17) is 9.47 Å². The summed E-state index contributed by atoms with van der Waals surface area (Å²) in [5.74, 6) is 2.40. The maximum Gasteiger partial charge on any atom is 0.190 e. The number of nitrogens with one attached hydrogen (secondary N) is 2. The van der Waals surface area contributed by atoms with Gasteiger partial charge in [0.05, 0.1) is 19.9 Å². The Morgan fingerprint density at radius 1 is 1.15 bits per heavy atom. The minimum Gasteiger partial charge on any atom is -0.493 e. The van der Waals surface area contributed by atoms with E-state index in [1.54, 1.807) is 14.2 Å². The van der Waals surface area contributed by atoms with E-state index in [0.717, 1.165) is 49.8 Å². The standard InChI is InChI=1S/C20H31N5O2/c1-5-27-19-13-16(8-9-18(19)26-4)7-6-11-22-20(21-2)23-12-10-17-14-24-25(3)15-17/h8-9,13-15H,5-7,10-12H2,1-4H3,(H2,21,22,23). The van der Waals surface area contributed by atoms with Gasteiger partial charge in [-0.2, -0.15) is 5.10 Å². The zero-order valence-corrected chi connectivity index (χ0v) is 16.8. The Balaban J connectivity index is 1.70. The molecule has 27 heavy (non-hydrogen) atoms. The first kappa shape index (κ1) is 20.6. The summed E-state index contributed by atoms with van der Waals surface area (Å²) >= 11 is 0.